The molecule has 0 fully saturated rings. The van der Waals surface area contributed by atoms with Gasteiger partial charge in [0.05, 0.1) is 5.54 Å². The van der Waals surface area contributed by atoms with Crippen molar-refractivity contribution in [3.8, 4) is 16.9 Å². The van der Waals surface area contributed by atoms with Crippen LogP contribution in [-0.2, 0) is 6.61 Å². The number of fused-ring (bicyclic) bond motifs is 5. The van der Waals surface area contributed by atoms with E-state index in [9.17, 15) is 13.2 Å². The van der Waals surface area contributed by atoms with E-state index < -0.39 is 11.6 Å². The number of ether oxygens (including phenoxy) is 1. The maximum atomic E-state index is 14.3. The largest absolute Gasteiger partial charge is 0.485 e. The molecule has 0 saturated heterocycles. The van der Waals surface area contributed by atoms with Gasteiger partial charge in [0.1, 0.15) is 18.2 Å². The molecule has 5 heteroatoms. The average Bonchev–Trinajstić information content (AvgIpc) is 2.72. The molecule has 3 aromatic carbocycles. The molecule has 0 aromatic heterocycles. The summed E-state index contributed by atoms with van der Waals surface area (Å²) in [5.74, 6) is -1.53. The number of hydrogen-bond acceptors (Lipinski definition) is 2. The van der Waals surface area contributed by atoms with Crippen molar-refractivity contribution < 1.29 is 17.9 Å². The summed E-state index contributed by atoms with van der Waals surface area (Å²) in [6.07, 6.45) is 2.05. The van der Waals surface area contributed by atoms with E-state index in [1.165, 1.54) is 12.1 Å². The lowest BCUT2D eigenvalue weighted by atomic mass is 9.73. The monoisotopic (exact) mass is 435 g/mol. The van der Waals surface area contributed by atoms with Gasteiger partial charge >= 0.3 is 0 Å². The normalized spacial score (nSPS) is 19.5. The number of halogens is 3. The number of nitrogens with one attached hydrogen (secondary N) is 1. The molecule has 3 aromatic rings. The summed E-state index contributed by atoms with van der Waals surface area (Å²) < 4.78 is 48.0. The first kappa shape index (κ1) is 20.7. The molecule has 2 aliphatic rings. The van der Waals surface area contributed by atoms with Gasteiger partial charge in [-0.05, 0) is 72.9 Å². The lowest BCUT2D eigenvalue weighted by Crippen LogP contribution is -2.40. The zero-order valence-corrected chi connectivity index (χ0v) is 18.4. The smallest absolute Gasteiger partial charge is 0.168 e. The Morgan fingerprint density at radius 2 is 1.78 bits per heavy atom. The summed E-state index contributed by atoms with van der Waals surface area (Å²) in [6, 6.07) is 10.8. The molecular formula is C27H24F3NO. The van der Waals surface area contributed by atoms with E-state index in [1.807, 2.05) is 19.1 Å². The van der Waals surface area contributed by atoms with E-state index in [4.69, 9.17) is 4.74 Å². The summed E-state index contributed by atoms with van der Waals surface area (Å²) in [4.78, 5) is 0. The van der Waals surface area contributed by atoms with Crippen LogP contribution in [0.25, 0.3) is 17.2 Å². The summed E-state index contributed by atoms with van der Waals surface area (Å²) >= 11 is 0. The Morgan fingerprint density at radius 3 is 2.56 bits per heavy atom. The molecule has 2 nitrogen and oxygen atoms in total. The number of benzene rings is 3. The number of anilines is 1. The van der Waals surface area contributed by atoms with Crippen molar-refractivity contribution in [2.75, 3.05) is 5.32 Å². The van der Waals surface area contributed by atoms with Crippen LogP contribution in [0.15, 0.2) is 48.0 Å². The summed E-state index contributed by atoms with van der Waals surface area (Å²) in [5, 5.41) is 3.60. The molecule has 2 heterocycles. The molecule has 5 rings (SSSR count). The maximum absolute atomic E-state index is 14.3. The van der Waals surface area contributed by atoms with Gasteiger partial charge in [0, 0.05) is 28.8 Å². The number of hydrogen-bond donors (Lipinski definition) is 1. The Labute approximate surface area is 185 Å². The fourth-order valence-corrected chi connectivity index (χ4v) is 5.07. The predicted molar refractivity (Wildman–Crippen MR) is 121 cm³/mol. The van der Waals surface area contributed by atoms with Gasteiger partial charge < -0.3 is 10.1 Å². The van der Waals surface area contributed by atoms with Crippen LogP contribution in [0.3, 0.4) is 0 Å². The van der Waals surface area contributed by atoms with Crippen LogP contribution in [-0.4, -0.2) is 5.54 Å². The summed E-state index contributed by atoms with van der Waals surface area (Å²) in [6.45, 7) is 8.48. The van der Waals surface area contributed by atoms with Crippen LogP contribution in [0.2, 0.25) is 0 Å². The van der Waals surface area contributed by atoms with Crippen molar-refractivity contribution in [2.24, 2.45) is 0 Å². The highest BCUT2D eigenvalue weighted by atomic mass is 19.1. The number of aryl methyl sites for hydroxylation is 1. The fourth-order valence-electron chi connectivity index (χ4n) is 5.07. The van der Waals surface area contributed by atoms with Gasteiger partial charge in [-0.25, -0.2) is 13.2 Å². The SMILES string of the molecule is Cc1ccc(F)cc1C=C1C(C)c2c(ccc3c2COc2c(F)cc(F)cc2-3)NC1(C)C. The zero-order chi connectivity index (χ0) is 22.8. The third-order valence-corrected chi connectivity index (χ3v) is 6.64. The van der Waals surface area contributed by atoms with Crippen LogP contribution in [0.4, 0.5) is 18.9 Å². The highest BCUT2D eigenvalue weighted by Gasteiger charge is 2.37. The highest BCUT2D eigenvalue weighted by Crippen LogP contribution is 2.50. The van der Waals surface area contributed by atoms with Crippen LogP contribution < -0.4 is 10.1 Å². The standard InChI is InChI=1S/C27H24F3NO/c1-14-5-6-17(28)9-16(14)10-22-15(2)25-21-13-32-26-20(11-18(29)12-23(26)30)19(21)7-8-24(25)31-27(22,3)4/h5-12,15,31H,13H2,1-4H3. The van der Waals surface area contributed by atoms with Gasteiger partial charge in [-0.3, -0.25) is 0 Å². The van der Waals surface area contributed by atoms with E-state index in [0.29, 0.717) is 5.56 Å². The third kappa shape index (κ3) is 3.19. The summed E-state index contributed by atoms with van der Waals surface area (Å²) in [5.41, 5.74) is 6.68. The van der Waals surface area contributed by atoms with E-state index in [0.717, 1.165) is 45.1 Å². The topological polar surface area (TPSA) is 21.3 Å². The van der Waals surface area contributed by atoms with Crippen LogP contribution >= 0.6 is 0 Å². The first-order chi connectivity index (χ1) is 15.2. The summed E-state index contributed by atoms with van der Waals surface area (Å²) in [7, 11) is 0. The zero-order valence-electron chi connectivity index (χ0n) is 18.4. The van der Waals surface area contributed by atoms with Gasteiger partial charge in [0.15, 0.2) is 11.6 Å². The number of rotatable bonds is 1. The molecule has 1 unspecified atom stereocenters. The Kier molecular flexibility index (Phi) is 4.63. The third-order valence-electron chi connectivity index (χ3n) is 6.64. The van der Waals surface area contributed by atoms with Crippen molar-refractivity contribution in [3.05, 3.63) is 87.7 Å². The minimum atomic E-state index is -0.696. The Morgan fingerprint density at radius 1 is 1.00 bits per heavy atom. The molecule has 164 valence electrons. The molecule has 32 heavy (non-hydrogen) atoms. The minimum Gasteiger partial charge on any atom is -0.485 e. The average molecular weight is 435 g/mol. The van der Waals surface area contributed by atoms with Crippen LogP contribution in [0, 0.1) is 24.4 Å². The molecule has 0 amide bonds. The molecule has 0 saturated carbocycles. The van der Waals surface area contributed by atoms with Crippen molar-refractivity contribution in [1.29, 1.82) is 0 Å². The van der Waals surface area contributed by atoms with Gasteiger partial charge in [0.25, 0.3) is 0 Å². The Balaban J connectivity index is 1.70. The Bertz CT molecular complexity index is 1290. The van der Waals surface area contributed by atoms with Crippen molar-refractivity contribution in [3.63, 3.8) is 0 Å². The second-order valence-corrected chi connectivity index (χ2v) is 9.18. The molecule has 2 aliphatic heterocycles. The van der Waals surface area contributed by atoms with Crippen molar-refractivity contribution in [1.82, 2.24) is 0 Å². The van der Waals surface area contributed by atoms with E-state index in [1.54, 1.807) is 12.1 Å². The van der Waals surface area contributed by atoms with Crippen LogP contribution in [0.5, 0.6) is 5.75 Å². The second-order valence-electron chi connectivity index (χ2n) is 9.18. The first-order valence-corrected chi connectivity index (χ1v) is 10.7. The first-order valence-electron chi connectivity index (χ1n) is 10.7. The van der Waals surface area contributed by atoms with Gasteiger partial charge in [-0.2, -0.15) is 0 Å². The maximum Gasteiger partial charge on any atom is 0.168 e. The molecule has 0 radical (unpaired) electrons. The molecule has 0 bridgehead atoms. The van der Waals surface area contributed by atoms with E-state index in [-0.39, 0.29) is 29.6 Å². The van der Waals surface area contributed by atoms with Crippen molar-refractivity contribution >= 4 is 11.8 Å². The predicted octanol–water partition coefficient (Wildman–Crippen LogP) is 7.36. The molecule has 1 N–H and O–H groups in total. The molecule has 0 aliphatic carbocycles. The van der Waals surface area contributed by atoms with Crippen molar-refractivity contribution in [2.45, 2.75) is 45.8 Å². The molecular weight excluding hydrogens is 411 g/mol. The molecule has 0 spiro atoms. The van der Waals surface area contributed by atoms with Gasteiger partial charge in [0.2, 0.25) is 0 Å². The highest BCUT2D eigenvalue weighted by molar-refractivity contribution is 5.82. The van der Waals surface area contributed by atoms with E-state index >= 15 is 0 Å². The van der Waals surface area contributed by atoms with Crippen LogP contribution in [0.1, 0.15) is 48.9 Å². The molecule has 1 atom stereocenters. The van der Waals surface area contributed by atoms with Gasteiger partial charge in [-0.1, -0.05) is 25.1 Å². The fraction of sp³-hybridized carbons (Fsp3) is 0.259. The van der Waals surface area contributed by atoms with E-state index in [2.05, 4.69) is 32.2 Å². The lowest BCUT2D eigenvalue weighted by Gasteiger charge is -2.42. The quantitative estimate of drug-likeness (QED) is 0.431. The minimum absolute atomic E-state index is 0.0116. The second kappa shape index (κ2) is 7.16. The Hall–Kier alpha value is -3.21. The van der Waals surface area contributed by atoms with Gasteiger partial charge in [-0.15, -0.1) is 0 Å². The lowest BCUT2D eigenvalue weighted by molar-refractivity contribution is 0.284.